The number of hydrogen-bond acceptors (Lipinski definition) is 5. The number of rotatable bonds is 5. The van der Waals surface area contributed by atoms with Gasteiger partial charge in [0.15, 0.2) is 0 Å². The van der Waals surface area contributed by atoms with Crippen LogP contribution in [0, 0.1) is 13.8 Å². The zero-order valence-corrected chi connectivity index (χ0v) is 13.2. The molecule has 0 atom stereocenters. The van der Waals surface area contributed by atoms with Crippen LogP contribution in [-0.4, -0.2) is 30.4 Å². The summed E-state index contributed by atoms with van der Waals surface area (Å²) < 4.78 is 9.91. The third kappa shape index (κ3) is 3.61. The highest BCUT2D eigenvalue weighted by atomic mass is 35.5. The lowest BCUT2D eigenvalue weighted by molar-refractivity contribution is 0.0521. The summed E-state index contributed by atoms with van der Waals surface area (Å²) >= 11 is 5.53. The Hall–Kier alpha value is -1.88. The Morgan fingerprint density at radius 2 is 1.48 bits per heavy atom. The van der Waals surface area contributed by atoms with Gasteiger partial charge in [0.1, 0.15) is 0 Å². The molecule has 0 spiro atoms. The number of esters is 2. The minimum atomic E-state index is -0.778. The summed E-state index contributed by atoms with van der Waals surface area (Å²) in [6.07, 6.45) is 0. The lowest BCUT2D eigenvalue weighted by Crippen LogP contribution is -2.17. The Morgan fingerprint density at radius 1 is 1.00 bits per heavy atom. The van der Waals surface area contributed by atoms with Gasteiger partial charge in [0.2, 0.25) is 0 Å². The molecule has 0 aliphatic heterocycles. The van der Waals surface area contributed by atoms with Crippen LogP contribution < -0.4 is 0 Å². The third-order valence-electron chi connectivity index (χ3n) is 2.95. The Labute approximate surface area is 128 Å². The van der Waals surface area contributed by atoms with Gasteiger partial charge in [-0.1, -0.05) is 0 Å². The molecule has 0 N–H and O–H groups in total. The monoisotopic (exact) mass is 312 g/mol. The van der Waals surface area contributed by atoms with Crippen LogP contribution in [0.1, 0.15) is 56.0 Å². The van der Waals surface area contributed by atoms with E-state index in [1.54, 1.807) is 27.7 Å². The Morgan fingerprint density at radius 3 is 1.90 bits per heavy atom. The summed E-state index contributed by atoms with van der Waals surface area (Å²) in [6.45, 7) is 6.91. The molecule has 5 nitrogen and oxygen atoms in total. The highest BCUT2D eigenvalue weighted by Crippen LogP contribution is 2.25. The molecule has 114 valence electrons. The molecule has 0 aliphatic rings. The number of halogens is 1. The van der Waals surface area contributed by atoms with Crippen LogP contribution >= 0.6 is 11.6 Å². The van der Waals surface area contributed by atoms with Crippen molar-refractivity contribution in [2.24, 2.45) is 0 Å². The van der Waals surface area contributed by atoms with Gasteiger partial charge in [-0.25, -0.2) is 9.59 Å². The zero-order valence-electron chi connectivity index (χ0n) is 12.4. The lowest BCUT2D eigenvalue weighted by atomic mass is 9.93. The van der Waals surface area contributed by atoms with Gasteiger partial charge in [-0.3, -0.25) is 4.79 Å². The number of aryl methyl sites for hydroxylation is 1. The molecule has 0 saturated heterocycles. The Bertz CT molecular complexity index is 592. The van der Waals surface area contributed by atoms with Gasteiger partial charge in [0, 0.05) is 5.56 Å². The zero-order chi connectivity index (χ0) is 16.2. The molecule has 0 amide bonds. The minimum absolute atomic E-state index is 0.00510. The normalized spacial score (nSPS) is 10.1. The van der Waals surface area contributed by atoms with Gasteiger partial charge in [-0.2, -0.15) is 0 Å². The topological polar surface area (TPSA) is 69.7 Å². The van der Waals surface area contributed by atoms with Gasteiger partial charge in [-0.05, 0) is 56.5 Å². The summed E-state index contributed by atoms with van der Waals surface area (Å²) in [5, 5.41) is -0.778. The second-order valence-corrected chi connectivity index (χ2v) is 4.67. The van der Waals surface area contributed by atoms with Gasteiger partial charge >= 0.3 is 11.9 Å². The first kappa shape index (κ1) is 17.2. The quantitative estimate of drug-likeness (QED) is 0.617. The van der Waals surface area contributed by atoms with Crippen molar-refractivity contribution in [2.75, 3.05) is 13.2 Å². The predicted octanol–water partition coefficient (Wildman–Crippen LogP) is 3.04. The second kappa shape index (κ2) is 7.22. The van der Waals surface area contributed by atoms with E-state index in [1.165, 1.54) is 6.07 Å². The fraction of sp³-hybridized carbons (Fsp3) is 0.400. The van der Waals surface area contributed by atoms with Crippen molar-refractivity contribution < 1.29 is 23.9 Å². The van der Waals surface area contributed by atoms with E-state index < -0.39 is 17.2 Å². The van der Waals surface area contributed by atoms with Crippen molar-refractivity contribution >= 4 is 28.8 Å². The van der Waals surface area contributed by atoms with Crippen molar-refractivity contribution in [1.82, 2.24) is 0 Å². The van der Waals surface area contributed by atoms with Crippen molar-refractivity contribution in [3.63, 3.8) is 0 Å². The van der Waals surface area contributed by atoms with Crippen LogP contribution in [0.3, 0.4) is 0 Å². The third-order valence-corrected chi connectivity index (χ3v) is 3.15. The number of carbonyl (C=O) groups excluding carboxylic acids is 3. The molecule has 6 heteroatoms. The number of hydrogen-bond donors (Lipinski definition) is 0. The van der Waals surface area contributed by atoms with Crippen molar-refractivity contribution in [3.8, 4) is 0 Å². The van der Waals surface area contributed by atoms with E-state index in [4.69, 9.17) is 21.1 Å². The van der Waals surface area contributed by atoms with Crippen LogP contribution in [0.15, 0.2) is 6.07 Å². The van der Waals surface area contributed by atoms with Crippen LogP contribution in [0.25, 0.3) is 0 Å². The van der Waals surface area contributed by atoms with Gasteiger partial charge in [-0.15, -0.1) is 0 Å². The molecule has 0 bridgehead atoms. The summed E-state index contributed by atoms with van der Waals surface area (Å²) in [5.41, 5.74) is 1.13. The summed E-state index contributed by atoms with van der Waals surface area (Å²) in [6, 6.07) is 1.40. The van der Waals surface area contributed by atoms with E-state index in [9.17, 15) is 14.4 Å². The first-order valence-electron chi connectivity index (χ1n) is 6.53. The molecule has 0 fully saturated rings. The standard InChI is InChI=1S/C15H17ClO5/c1-5-20-14(18)11-8(3)7-10(13(16)17)12(9(11)4)15(19)21-6-2/h7H,5-6H2,1-4H3. The SMILES string of the molecule is CCOC(=O)c1c(C)cc(C(=O)Cl)c(C(=O)OCC)c1C. The molecule has 0 unspecified atom stereocenters. The molecular weight excluding hydrogens is 296 g/mol. The summed E-state index contributed by atoms with van der Waals surface area (Å²) in [7, 11) is 0. The summed E-state index contributed by atoms with van der Waals surface area (Å²) in [5.74, 6) is -1.24. The molecule has 1 aromatic rings. The van der Waals surface area contributed by atoms with Crippen LogP contribution in [0.2, 0.25) is 0 Å². The van der Waals surface area contributed by atoms with Crippen molar-refractivity contribution in [3.05, 3.63) is 33.9 Å². The average Bonchev–Trinajstić information content (AvgIpc) is 2.38. The van der Waals surface area contributed by atoms with Crippen LogP contribution in [-0.2, 0) is 9.47 Å². The Kier molecular flexibility index (Phi) is 5.90. The highest BCUT2D eigenvalue weighted by Gasteiger charge is 2.26. The van der Waals surface area contributed by atoms with E-state index in [1.807, 2.05) is 0 Å². The molecule has 0 radical (unpaired) electrons. The second-order valence-electron chi connectivity index (χ2n) is 4.33. The van der Waals surface area contributed by atoms with Crippen LogP contribution in [0.5, 0.6) is 0 Å². The molecule has 21 heavy (non-hydrogen) atoms. The van der Waals surface area contributed by atoms with Crippen molar-refractivity contribution in [2.45, 2.75) is 27.7 Å². The largest absolute Gasteiger partial charge is 0.462 e. The smallest absolute Gasteiger partial charge is 0.339 e. The maximum Gasteiger partial charge on any atom is 0.339 e. The first-order chi connectivity index (χ1) is 9.84. The van der Waals surface area contributed by atoms with E-state index in [2.05, 4.69) is 0 Å². The molecule has 0 saturated carbocycles. The van der Waals surface area contributed by atoms with Gasteiger partial charge < -0.3 is 9.47 Å². The molecular formula is C15H17ClO5. The van der Waals surface area contributed by atoms with Gasteiger partial charge in [0.25, 0.3) is 5.24 Å². The number of carbonyl (C=O) groups is 3. The minimum Gasteiger partial charge on any atom is -0.462 e. The number of benzene rings is 1. The fourth-order valence-corrected chi connectivity index (χ4v) is 2.27. The van der Waals surface area contributed by atoms with Crippen molar-refractivity contribution in [1.29, 1.82) is 0 Å². The Balaban J connectivity index is 3.58. The molecule has 1 aromatic carbocycles. The maximum absolute atomic E-state index is 12.0. The highest BCUT2D eigenvalue weighted by molar-refractivity contribution is 6.68. The van der Waals surface area contributed by atoms with Crippen LogP contribution in [0.4, 0.5) is 0 Å². The first-order valence-corrected chi connectivity index (χ1v) is 6.91. The molecule has 0 aliphatic carbocycles. The fourth-order valence-electron chi connectivity index (χ4n) is 2.12. The van der Waals surface area contributed by atoms with Gasteiger partial charge in [0.05, 0.1) is 24.3 Å². The predicted molar refractivity (Wildman–Crippen MR) is 78.0 cm³/mol. The maximum atomic E-state index is 12.0. The molecule has 1 rings (SSSR count). The average molecular weight is 313 g/mol. The van der Waals surface area contributed by atoms with E-state index in [0.717, 1.165) is 0 Å². The number of ether oxygens (including phenoxy) is 2. The summed E-state index contributed by atoms with van der Waals surface area (Å²) in [4.78, 5) is 35.6. The van der Waals surface area contributed by atoms with E-state index >= 15 is 0 Å². The van der Waals surface area contributed by atoms with E-state index in [-0.39, 0.29) is 29.9 Å². The molecule has 0 heterocycles. The molecule has 0 aromatic heterocycles. The van der Waals surface area contributed by atoms with E-state index in [0.29, 0.717) is 11.1 Å². The lowest BCUT2D eigenvalue weighted by Gasteiger charge is -2.15.